The second-order valence-corrected chi connectivity index (χ2v) is 9.10. The first-order valence-corrected chi connectivity index (χ1v) is 10.4. The molecule has 27 heavy (non-hydrogen) atoms. The number of nitrogens with zero attached hydrogens (tertiary/aromatic N) is 3. The number of aromatic nitrogens is 2. The fourth-order valence-electron chi connectivity index (χ4n) is 3.40. The fraction of sp³-hybridized carbons (Fsp3) is 0.750. The Balaban J connectivity index is 1.61. The molecule has 3 heterocycles. The maximum Gasteiger partial charge on any atom is 0.433 e. The zero-order valence-electron chi connectivity index (χ0n) is 15.0. The molecule has 0 aliphatic carbocycles. The van der Waals surface area contributed by atoms with Gasteiger partial charge in [-0.2, -0.15) is 13.2 Å². The number of hydrogen-bond donors (Lipinski definition) is 1. The molecular formula is C16H23F3N4O3S. The molecule has 152 valence electrons. The minimum Gasteiger partial charge on any atom is -0.381 e. The zero-order chi connectivity index (χ0) is 19.7. The Morgan fingerprint density at radius 2 is 1.78 bits per heavy atom. The Morgan fingerprint density at radius 3 is 2.37 bits per heavy atom. The highest BCUT2D eigenvalue weighted by Crippen LogP contribution is 2.29. The molecule has 0 saturated carbocycles. The summed E-state index contributed by atoms with van der Waals surface area (Å²) >= 11 is 0. The van der Waals surface area contributed by atoms with Crippen LogP contribution in [0.15, 0.2) is 6.07 Å². The van der Waals surface area contributed by atoms with Crippen LogP contribution in [0.25, 0.3) is 0 Å². The molecule has 1 aromatic rings. The van der Waals surface area contributed by atoms with Gasteiger partial charge in [0.2, 0.25) is 16.0 Å². The van der Waals surface area contributed by atoms with E-state index in [0.717, 1.165) is 6.07 Å². The number of halogens is 3. The molecule has 7 nitrogen and oxygen atoms in total. The van der Waals surface area contributed by atoms with Gasteiger partial charge >= 0.3 is 6.18 Å². The van der Waals surface area contributed by atoms with Crippen LogP contribution in [0, 0.1) is 6.92 Å². The van der Waals surface area contributed by atoms with Gasteiger partial charge in [-0.15, -0.1) is 0 Å². The molecule has 0 atom stereocenters. The van der Waals surface area contributed by atoms with E-state index in [1.807, 2.05) is 0 Å². The number of anilines is 1. The van der Waals surface area contributed by atoms with Crippen LogP contribution in [-0.4, -0.2) is 60.3 Å². The highest BCUT2D eigenvalue weighted by Gasteiger charge is 2.36. The topological polar surface area (TPSA) is 84.4 Å². The van der Waals surface area contributed by atoms with Gasteiger partial charge in [0.1, 0.15) is 5.69 Å². The summed E-state index contributed by atoms with van der Waals surface area (Å²) in [5.74, 6) is -0.0759. The second-order valence-electron chi connectivity index (χ2n) is 6.89. The lowest BCUT2D eigenvalue weighted by Gasteiger charge is -2.35. The SMILES string of the molecule is Cc1cc(C(F)(F)F)nc(NC2CCN(S(=O)(=O)C3CCOCC3)CC2)n1. The molecule has 0 spiro atoms. The minimum absolute atomic E-state index is 0.0759. The van der Waals surface area contributed by atoms with Gasteiger partial charge < -0.3 is 10.1 Å². The standard InChI is InChI=1S/C16H23F3N4O3S/c1-11-10-14(16(17,18)19)22-15(20-11)21-12-2-6-23(7-3-12)27(24,25)13-4-8-26-9-5-13/h10,12-13H,2-9H2,1H3,(H,20,21,22). The molecule has 0 amide bonds. The third-order valence-corrected chi connectivity index (χ3v) is 7.28. The Bertz CT molecular complexity index is 759. The van der Waals surface area contributed by atoms with Gasteiger partial charge in [0, 0.05) is 38.0 Å². The summed E-state index contributed by atoms with van der Waals surface area (Å²) in [6.07, 6.45) is -2.57. The monoisotopic (exact) mass is 408 g/mol. The van der Waals surface area contributed by atoms with Crippen molar-refractivity contribution >= 4 is 16.0 Å². The van der Waals surface area contributed by atoms with Crippen molar-refractivity contribution in [3.05, 3.63) is 17.5 Å². The number of rotatable bonds is 4. The van der Waals surface area contributed by atoms with Crippen molar-refractivity contribution in [1.82, 2.24) is 14.3 Å². The van der Waals surface area contributed by atoms with E-state index in [9.17, 15) is 21.6 Å². The Kier molecular flexibility index (Phi) is 5.92. The van der Waals surface area contributed by atoms with Crippen molar-refractivity contribution in [2.45, 2.75) is 50.1 Å². The molecule has 11 heteroatoms. The van der Waals surface area contributed by atoms with E-state index in [2.05, 4.69) is 15.3 Å². The average Bonchev–Trinajstić information content (AvgIpc) is 2.62. The van der Waals surface area contributed by atoms with Crippen LogP contribution in [0.1, 0.15) is 37.1 Å². The number of piperidine rings is 1. The van der Waals surface area contributed by atoms with Crippen molar-refractivity contribution in [3.8, 4) is 0 Å². The number of alkyl halides is 3. The van der Waals surface area contributed by atoms with Crippen LogP contribution in [0.3, 0.4) is 0 Å². The van der Waals surface area contributed by atoms with Crippen molar-refractivity contribution < 1.29 is 26.3 Å². The number of hydrogen-bond acceptors (Lipinski definition) is 6. The van der Waals surface area contributed by atoms with E-state index in [1.54, 1.807) is 0 Å². The fourth-order valence-corrected chi connectivity index (χ4v) is 5.33. The summed E-state index contributed by atoms with van der Waals surface area (Å²) in [4.78, 5) is 7.56. The Labute approximate surface area is 156 Å². The molecule has 3 rings (SSSR count). The molecule has 2 aliphatic rings. The van der Waals surface area contributed by atoms with E-state index in [1.165, 1.54) is 11.2 Å². The van der Waals surface area contributed by atoms with Crippen molar-refractivity contribution in [3.63, 3.8) is 0 Å². The summed E-state index contributed by atoms with van der Waals surface area (Å²) in [5, 5.41) is 2.51. The van der Waals surface area contributed by atoms with Gasteiger partial charge in [0.05, 0.1) is 5.25 Å². The number of nitrogens with one attached hydrogen (secondary N) is 1. The molecule has 0 aromatic carbocycles. The summed E-state index contributed by atoms with van der Waals surface area (Å²) in [6.45, 7) is 3.04. The summed E-state index contributed by atoms with van der Waals surface area (Å²) in [5.41, 5.74) is -0.767. The predicted octanol–water partition coefficient (Wildman–Crippen LogP) is 2.19. The second kappa shape index (κ2) is 7.88. The molecule has 0 unspecified atom stereocenters. The van der Waals surface area contributed by atoms with Gasteiger partial charge in [0.15, 0.2) is 0 Å². The van der Waals surface area contributed by atoms with Crippen LogP contribution in [0.4, 0.5) is 19.1 Å². The first-order chi connectivity index (χ1) is 12.7. The van der Waals surface area contributed by atoms with Crippen LogP contribution < -0.4 is 5.32 Å². The van der Waals surface area contributed by atoms with E-state index < -0.39 is 27.1 Å². The molecule has 1 N–H and O–H groups in total. The Hall–Kier alpha value is -1.46. The first-order valence-electron chi connectivity index (χ1n) is 8.92. The van der Waals surface area contributed by atoms with E-state index in [-0.39, 0.29) is 17.7 Å². The summed E-state index contributed by atoms with van der Waals surface area (Å²) < 4.78 is 70.8. The molecule has 2 saturated heterocycles. The van der Waals surface area contributed by atoms with Crippen molar-refractivity contribution in [2.75, 3.05) is 31.6 Å². The highest BCUT2D eigenvalue weighted by molar-refractivity contribution is 7.89. The summed E-state index contributed by atoms with van der Waals surface area (Å²) in [7, 11) is -3.37. The predicted molar refractivity (Wildman–Crippen MR) is 92.7 cm³/mol. The Morgan fingerprint density at radius 1 is 1.15 bits per heavy atom. The molecule has 1 aromatic heterocycles. The van der Waals surface area contributed by atoms with Gasteiger partial charge in [-0.3, -0.25) is 0 Å². The van der Waals surface area contributed by atoms with E-state index >= 15 is 0 Å². The minimum atomic E-state index is -4.54. The lowest BCUT2D eigenvalue weighted by atomic mass is 10.1. The molecular weight excluding hydrogens is 385 g/mol. The third-order valence-electron chi connectivity index (χ3n) is 4.88. The van der Waals surface area contributed by atoms with E-state index in [0.29, 0.717) is 52.0 Å². The van der Waals surface area contributed by atoms with Gasteiger partial charge in [0.25, 0.3) is 0 Å². The number of aryl methyl sites for hydroxylation is 1. The van der Waals surface area contributed by atoms with Crippen molar-refractivity contribution in [2.24, 2.45) is 0 Å². The zero-order valence-corrected chi connectivity index (χ0v) is 15.8. The smallest absolute Gasteiger partial charge is 0.381 e. The van der Waals surface area contributed by atoms with Gasteiger partial charge in [-0.05, 0) is 38.7 Å². The number of sulfonamides is 1. The quantitative estimate of drug-likeness (QED) is 0.822. The number of ether oxygens (including phenoxy) is 1. The summed E-state index contributed by atoms with van der Waals surface area (Å²) in [6, 6.07) is 0.725. The van der Waals surface area contributed by atoms with E-state index in [4.69, 9.17) is 4.74 Å². The maximum atomic E-state index is 12.9. The molecule has 2 aliphatic heterocycles. The highest BCUT2D eigenvalue weighted by atomic mass is 32.2. The van der Waals surface area contributed by atoms with Gasteiger partial charge in [-0.1, -0.05) is 0 Å². The third kappa shape index (κ3) is 4.88. The van der Waals surface area contributed by atoms with Crippen LogP contribution in [0.2, 0.25) is 0 Å². The van der Waals surface area contributed by atoms with Crippen LogP contribution in [-0.2, 0) is 20.9 Å². The average molecular weight is 408 g/mol. The maximum absolute atomic E-state index is 12.9. The molecule has 0 radical (unpaired) electrons. The molecule has 0 bridgehead atoms. The molecule has 2 fully saturated rings. The lowest BCUT2D eigenvalue weighted by molar-refractivity contribution is -0.141. The van der Waals surface area contributed by atoms with Crippen LogP contribution in [0.5, 0.6) is 0 Å². The van der Waals surface area contributed by atoms with Crippen molar-refractivity contribution in [1.29, 1.82) is 0 Å². The van der Waals surface area contributed by atoms with Gasteiger partial charge in [-0.25, -0.2) is 22.7 Å². The van der Waals surface area contributed by atoms with Crippen LogP contribution >= 0.6 is 0 Å². The largest absolute Gasteiger partial charge is 0.433 e. The lowest BCUT2D eigenvalue weighted by Crippen LogP contribution is -2.47. The first kappa shape index (κ1) is 20.3. The normalized spacial score (nSPS) is 21.3.